The van der Waals surface area contributed by atoms with E-state index in [1.165, 1.54) is 10.7 Å². The Balaban J connectivity index is 1.46. The third-order valence-electron chi connectivity index (χ3n) is 6.08. The number of nitrogens with zero attached hydrogens (tertiary/aromatic N) is 5. The van der Waals surface area contributed by atoms with Crippen LogP contribution in [0.25, 0.3) is 16.9 Å². The molecule has 0 aliphatic carbocycles. The highest BCUT2D eigenvalue weighted by atomic mass is 19.1. The van der Waals surface area contributed by atoms with Crippen molar-refractivity contribution in [3.05, 3.63) is 88.7 Å². The van der Waals surface area contributed by atoms with Crippen molar-refractivity contribution in [3.63, 3.8) is 0 Å². The first-order valence-corrected chi connectivity index (χ1v) is 11.0. The van der Waals surface area contributed by atoms with Crippen LogP contribution >= 0.6 is 0 Å². The monoisotopic (exact) mass is 445 g/mol. The fraction of sp³-hybridized carbons (Fsp3) is 0.240. The number of benzene rings is 2. The lowest BCUT2D eigenvalue weighted by atomic mass is 10.1. The lowest BCUT2D eigenvalue weighted by molar-refractivity contribution is 0.0746. The number of halogens is 1. The summed E-state index contributed by atoms with van der Waals surface area (Å²) in [5.74, 6) is -0.436. The lowest BCUT2D eigenvalue weighted by Gasteiger charge is -2.36. The molecule has 3 heterocycles. The highest BCUT2D eigenvalue weighted by molar-refractivity contribution is 6.00. The molecule has 0 N–H and O–H groups in total. The van der Waals surface area contributed by atoms with Gasteiger partial charge in [-0.1, -0.05) is 30.3 Å². The van der Waals surface area contributed by atoms with Crippen LogP contribution in [0.5, 0.6) is 0 Å². The van der Waals surface area contributed by atoms with Crippen molar-refractivity contribution in [1.29, 1.82) is 0 Å². The van der Waals surface area contributed by atoms with Crippen molar-refractivity contribution in [1.82, 2.24) is 19.2 Å². The molecule has 3 aliphatic rings. The Kier molecular flexibility index (Phi) is 5.42. The van der Waals surface area contributed by atoms with Crippen molar-refractivity contribution < 1.29 is 9.18 Å². The van der Waals surface area contributed by atoms with Crippen molar-refractivity contribution in [3.8, 4) is 16.9 Å². The molecule has 33 heavy (non-hydrogen) atoms. The van der Waals surface area contributed by atoms with Crippen molar-refractivity contribution >= 4 is 11.6 Å². The van der Waals surface area contributed by atoms with E-state index in [1.54, 1.807) is 29.4 Å². The van der Waals surface area contributed by atoms with Gasteiger partial charge < -0.3 is 14.4 Å². The van der Waals surface area contributed by atoms with Gasteiger partial charge >= 0.3 is 0 Å². The molecule has 0 saturated carbocycles. The zero-order chi connectivity index (χ0) is 22.9. The van der Waals surface area contributed by atoms with Gasteiger partial charge in [0, 0.05) is 45.1 Å². The maximum atomic E-state index is 14.2. The second kappa shape index (κ2) is 8.54. The number of amides is 1. The summed E-state index contributed by atoms with van der Waals surface area (Å²) in [6.45, 7) is 4.55. The average Bonchev–Trinajstić information content (AvgIpc) is 3.20. The van der Waals surface area contributed by atoms with Gasteiger partial charge in [0.2, 0.25) is 0 Å². The fourth-order valence-electron chi connectivity index (χ4n) is 4.27. The van der Waals surface area contributed by atoms with Gasteiger partial charge in [0.1, 0.15) is 11.5 Å². The van der Waals surface area contributed by atoms with Crippen molar-refractivity contribution in [2.45, 2.75) is 13.5 Å². The molecule has 2 aromatic carbocycles. The van der Waals surface area contributed by atoms with Gasteiger partial charge in [-0.2, -0.15) is 9.78 Å². The topological polar surface area (TPSA) is 63.4 Å². The van der Waals surface area contributed by atoms with E-state index >= 15 is 0 Å². The molecule has 1 amide bonds. The zero-order valence-corrected chi connectivity index (χ0v) is 18.3. The number of anilines is 1. The highest BCUT2D eigenvalue weighted by Gasteiger charge is 2.29. The molecule has 0 bridgehead atoms. The van der Waals surface area contributed by atoms with Crippen LogP contribution in [0.2, 0.25) is 0 Å². The Hall–Kier alpha value is -3.94. The third kappa shape index (κ3) is 3.77. The zero-order valence-electron chi connectivity index (χ0n) is 18.3. The number of aromatic nitrogens is 3. The normalized spacial score (nSPS) is 14.1. The fourth-order valence-corrected chi connectivity index (χ4v) is 4.27. The van der Waals surface area contributed by atoms with Crippen LogP contribution < -0.4 is 10.5 Å². The molecule has 8 heteroatoms. The van der Waals surface area contributed by atoms with Gasteiger partial charge in [-0.25, -0.2) is 4.39 Å². The second-order valence-corrected chi connectivity index (χ2v) is 8.05. The number of hydrogen-bond donors (Lipinski definition) is 0. The molecule has 1 fully saturated rings. The molecule has 0 spiro atoms. The molecule has 2 aromatic rings. The predicted molar refractivity (Wildman–Crippen MR) is 125 cm³/mol. The average molecular weight is 445 g/mol. The number of rotatable bonds is 4. The summed E-state index contributed by atoms with van der Waals surface area (Å²) in [7, 11) is 0. The maximum absolute atomic E-state index is 14.2. The molecule has 0 unspecified atom stereocenters. The molecule has 0 radical (unpaired) electrons. The van der Waals surface area contributed by atoms with E-state index in [1.807, 2.05) is 52.8 Å². The van der Waals surface area contributed by atoms with Crippen LogP contribution in [-0.2, 0) is 6.54 Å². The lowest BCUT2D eigenvalue weighted by Crippen LogP contribution is -2.49. The quantitative estimate of drug-likeness (QED) is 0.484. The molecule has 3 aliphatic heterocycles. The van der Waals surface area contributed by atoms with E-state index in [0.717, 1.165) is 0 Å². The Bertz CT molecular complexity index is 1320. The Morgan fingerprint density at radius 1 is 0.970 bits per heavy atom. The maximum Gasteiger partial charge on any atom is 0.282 e. The number of fused-ring (bicyclic) bond motifs is 1. The van der Waals surface area contributed by atoms with Crippen LogP contribution in [-0.4, -0.2) is 51.3 Å². The van der Waals surface area contributed by atoms with Crippen LogP contribution in [0.3, 0.4) is 0 Å². The van der Waals surface area contributed by atoms with Crippen molar-refractivity contribution in [2.75, 3.05) is 31.1 Å². The SMILES string of the molecule is CCn1cc(C(=O)N2CCN(c3ccccc3F)CC2)c2nn(-c3ccccc3)c(=O)c-2c1. The van der Waals surface area contributed by atoms with Gasteiger partial charge in [-0.05, 0) is 31.2 Å². The largest absolute Gasteiger partial charge is 0.366 e. The predicted octanol–water partition coefficient (Wildman–Crippen LogP) is 3.26. The molecular weight excluding hydrogens is 421 g/mol. The number of carbonyl (C=O) groups excluding carboxylic acids is 1. The number of aryl methyl sites for hydroxylation is 1. The highest BCUT2D eigenvalue weighted by Crippen LogP contribution is 2.25. The minimum atomic E-state index is -0.263. The first kappa shape index (κ1) is 20.9. The molecule has 0 aromatic heterocycles. The Morgan fingerprint density at radius 2 is 1.67 bits per heavy atom. The smallest absolute Gasteiger partial charge is 0.282 e. The summed E-state index contributed by atoms with van der Waals surface area (Å²) in [6.07, 6.45) is 3.51. The van der Waals surface area contributed by atoms with E-state index in [4.69, 9.17) is 0 Å². The Labute approximate surface area is 190 Å². The summed E-state index contributed by atoms with van der Waals surface area (Å²) in [4.78, 5) is 30.3. The Morgan fingerprint density at radius 3 is 2.36 bits per heavy atom. The number of para-hydroxylation sites is 2. The van der Waals surface area contributed by atoms with Gasteiger partial charge in [0.25, 0.3) is 11.5 Å². The standard InChI is InChI=1S/C25H24FN5O2/c1-2-28-16-19(23-20(17-28)25(33)31(27-23)18-8-4-3-5-9-18)24(32)30-14-12-29(13-15-30)22-11-7-6-10-21(22)26/h3-11,16-17H,2,12-15H2,1H3. The van der Waals surface area contributed by atoms with Crippen LogP contribution in [0, 0.1) is 5.82 Å². The molecule has 7 nitrogen and oxygen atoms in total. The molecule has 1 saturated heterocycles. The molecule has 168 valence electrons. The van der Waals surface area contributed by atoms with Crippen LogP contribution in [0.1, 0.15) is 17.3 Å². The van der Waals surface area contributed by atoms with E-state index in [9.17, 15) is 14.0 Å². The van der Waals surface area contributed by atoms with E-state index < -0.39 is 0 Å². The first-order valence-electron chi connectivity index (χ1n) is 11.0. The summed E-state index contributed by atoms with van der Waals surface area (Å²) < 4.78 is 17.3. The van der Waals surface area contributed by atoms with Gasteiger partial charge in [0.05, 0.1) is 22.5 Å². The summed E-state index contributed by atoms with van der Waals surface area (Å²) >= 11 is 0. The van der Waals surface area contributed by atoms with E-state index in [0.29, 0.717) is 60.9 Å². The minimum Gasteiger partial charge on any atom is -0.366 e. The summed E-state index contributed by atoms with van der Waals surface area (Å²) in [5, 5.41) is 4.53. The number of hydrogen-bond acceptors (Lipinski definition) is 4. The summed E-state index contributed by atoms with van der Waals surface area (Å²) in [5.41, 5.74) is 2.16. The summed E-state index contributed by atoms with van der Waals surface area (Å²) in [6, 6.07) is 15.9. The van der Waals surface area contributed by atoms with Gasteiger partial charge in [-0.3, -0.25) is 9.59 Å². The van der Waals surface area contributed by atoms with Crippen LogP contribution in [0.15, 0.2) is 71.8 Å². The van der Waals surface area contributed by atoms with Gasteiger partial charge in [-0.15, -0.1) is 0 Å². The first-order chi connectivity index (χ1) is 16.1. The molecular formula is C25H24FN5O2. The molecule has 0 atom stereocenters. The minimum absolute atomic E-state index is 0.173. The number of pyridine rings is 1. The van der Waals surface area contributed by atoms with E-state index in [2.05, 4.69) is 5.10 Å². The number of carbonyl (C=O) groups is 1. The second-order valence-electron chi connectivity index (χ2n) is 8.05. The molecule has 5 rings (SSSR count). The van der Waals surface area contributed by atoms with Crippen LogP contribution in [0.4, 0.5) is 10.1 Å². The van der Waals surface area contributed by atoms with Crippen molar-refractivity contribution in [2.24, 2.45) is 0 Å². The van der Waals surface area contributed by atoms with Gasteiger partial charge in [0.15, 0.2) is 0 Å². The van der Waals surface area contributed by atoms with E-state index in [-0.39, 0.29) is 17.3 Å². The third-order valence-corrected chi connectivity index (χ3v) is 6.08. The number of piperazine rings is 1.